The third-order valence-electron chi connectivity index (χ3n) is 3.28. The predicted octanol–water partition coefficient (Wildman–Crippen LogP) is 1.24. The molecule has 2 heterocycles. The highest BCUT2D eigenvalue weighted by atomic mass is 15.4. The van der Waals surface area contributed by atoms with E-state index in [-0.39, 0.29) is 0 Å². The van der Waals surface area contributed by atoms with Gasteiger partial charge in [0, 0.05) is 25.7 Å². The molecule has 1 aromatic heterocycles. The van der Waals surface area contributed by atoms with Crippen molar-refractivity contribution in [1.82, 2.24) is 20.3 Å². The van der Waals surface area contributed by atoms with Gasteiger partial charge in [-0.3, -0.25) is 4.68 Å². The van der Waals surface area contributed by atoms with Crippen molar-refractivity contribution < 1.29 is 0 Å². The lowest BCUT2D eigenvalue weighted by atomic mass is 9.92. The second-order valence-electron chi connectivity index (χ2n) is 4.54. The second-order valence-corrected chi connectivity index (χ2v) is 4.54. The highest BCUT2D eigenvalue weighted by Crippen LogP contribution is 2.24. The van der Waals surface area contributed by atoms with Crippen LogP contribution in [-0.2, 0) is 19.9 Å². The summed E-state index contributed by atoms with van der Waals surface area (Å²) in [6.07, 6.45) is 4.01. The van der Waals surface area contributed by atoms with Gasteiger partial charge in [0.25, 0.3) is 0 Å². The van der Waals surface area contributed by atoms with Crippen molar-refractivity contribution in [2.45, 2.75) is 18.9 Å². The molecule has 1 N–H and O–H groups in total. The predicted molar refractivity (Wildman–Crippen MR) is 65.6 cm³/mol. The number of aromatic nitrogens is 3. The van der Waals surface area contributed by atoms with Crippen molar-refractivity contribution in [1.29, 1.82) is 0 Å². The maximum Gasteiger partial charge on any atom is 0.0845 e. The summed E-state index contributed by atoms with van der Waals surface area (Å²) >= 11 is 0. The molecule has 0 aliphatic carbocycles. The van der Waals surface area contributed by atoms with Gasteiger partial charge in [0.15, 0.2) is 0 Å². The van der Waals surface area contributed by atoms with Crippen LogP contribution in [0, 0.1) is 0 Å². The van der Waals surface area contributed by atoms with Gasteiger partial charge in [0.1, 0.15) is 0 Å². The van der Waals surface area contributed by atoms with Crippen molar-refractivity contribution >= 4 is 0 Å². The molecule has 0 radical (unpaired) electrons. The Kier molecular flexibility index (Phi) is 2.65. The molecule has 0 amide bonds. The zero-order valence-corrected chi connectivity index (χ0v) is 9.93. The first-order valence-electron chi connectivity index (χ1n) is 5.99. The lowest BCUT2D eigenvalue weighted by Crippen LogP contribution is -2.31. The fraction of sp³-hybridized carbons (Fsp3) is 0.385. The number of hydrogen-bond acceptors (Lipinski definition) is 3. The molecule has 0 fully saturated rings. The van der Waals surface area contributed by atoms with Crippen molar-refractivity contribution in [3.63, 3.8) is 0 Å². The van der Waals surface area contributed by atoms with Crippen LogP contribution in [0.4, 0.5) is 0 Å². The molecule has 2 aromatic rings. The Morgan fingerprint density at radius 3 is 3.12 bits per heavy atom. The van der Waals surface area contributed by atoms with E-state index in [0.29, 0.717) is 6.04 Å². The largest absolute Gasteiger partial charge is 0.309 e. The number of nitrogens with one attached hydrogen (secondary N) is 1. The van der Waals surface area contributed by atoms with E-state index in [1.165, 1.54) is 11.1 Å². The fourth-order valence-corrected chi connectivity index (χ4v) is 2.47. The van der Waals surface area contributed by atoms with Crippen LogP contribution < -0.4 is 5.32 Å². The Bertz CT molecular complexity index is 518. The van der Waals surface area contributed by atoms with Crippen LogP contribution >= 0.6 is 0 Å². The van der Waals surface area contributed by atoms with Gasteiger partial charge in [-0.15, -0.1) is 5.10 Å². The summed E-state index contributed by atoms with van der Waals surface area (Å²) in [6.45, 7) is 1.04. The molecule has 1 aliphatic rings. The molecule has 0 spiro atoms. The summed E-state index contributed by atoms with van der Waals surface area (Å²) in [5, 5.41) is 11.7. The standard InChI is InChI=1S/C13H16N4/c1-17-9-11(15-16-17)8-13-12-5-3-2-4-10(12)6-7-14-13/h2-5,9,13-14H,6-8H2,1H3. The molecular weight excluding hydrogens is 212 g/mol. The van der Waals surface area contributed by atoms with Gasteiger partial charge in [-0.25, -0.2) is 0 Å². The number of benzene rings is 1. The summed E-state index contributed by atoms with van der Waals surface area (Å²) in [7, 11) is 1.90. The van der Waals surface area contributed by atoms with Gasteiger partial charge in [-0.2, -0.15) is 0 Å². The van der Waals surface area contributed by atoms with Crippen LogP contribution in [0.15, 0.2) is 30.5 Å². The molecule has 4 nitrogen and oxygen atoms in total. The Morgan fingerprint density at radius 2 is 2.29 bits per heavy atom. The van der Waals surface area contributed by atoms with Crippen molar-refractivity contribution in [3.05, 3.63) is 47.3 Å². The van der Waals surface area contributed by atoms with E-state index in [4.69, 9.17) is 0 Å². The number of rotatable bonds is 2. The fourth-order valence-electron chi connectivity index (χ4n) is 2.47. The van der Waals surface area contributed by atoms with E-state index in [2.05, 4.69) is 39.9 Å². The molecule has 1 aromatic carbocycles. The van der Waals surface area contributed by atoms with Crippen LogP contribution in [-0.4, -0.2) is 21.5 Å². The highest BCUT2D eigenvalue weighted by molar-refractivity contribution is 5.33. The van der Waals surface area contributed by atoms with Crippen LogP contribution in [0.1, 0.15) is 22.9 Å². The SMILES string of the molecule is Cn1cc(CC2NCCc3ccccc32)nn1. The molecule has 0 saturated heterocycles. The smallest absolute Gasteiger partial charge is 0.0845 e. The van der Waals surface area contributed by atoms with E-state index in [0.717, 1.165) is 25.1 Å². The van der Waals surface area contributed by atoms with Crippen LogP contribution in [0.5, 0.6) is 0 Å². The van der Waals surface area contributed by atoms with Crippen molar-refractivity contribution in [2.75, 3.05) is 6.54 Å². The highest BCUT2D eigenvalue weighted by Gasteiger charge is 2.20. The lowest BCUT2D eigenvalue weighted by Gasteiger charge is -2.26. The zero-order chi connectivity index (χ0) is 11.7. The molecule has 1 unspecified atom stereocenters. The molecule has 4 heteroatoms. The lowest BCUT2D eigenvalue weighted by molar-refractivity contribution is 0.498. The minimum Gasteiger partial charge on any atom is -0.309 e. The van der Waals surface area contributed by atoms with Crippen molar-refractivity contribution in [2.24, 2.45) is 7.05 Å². The van der Waals surface area contributed by atoms with Crippen molar-refractivity contribution in [3.8, 4) is 0 Å². The van der Waals surface area contributed by atoms with E-state index in [9.17, 15) is 0 Å². The van der Waals surface area contributed by atoms with Crippen LogP contribution in [0.25, 0.3) is 0 Å². The molecule has 3 rings (SSSR count). The Morgan fingerprint density at radius 1 is 1.41 bits per heavy atom. The molecule has 0 bridgehead atoms. The minimum absolute atomic E-state index is 0.372. The van der Waals surface area contributed by atoms with Gasteiger partial charge in [-0.05, 0) is 24.1 Å². The Hall–Kier alpha value is -1.68. The van der Waals surface area contributed by atoms with E-state index < -0.39 is 0 Å². The first kappa shape index (κ1) is 10.5. The first-order valence-corrected chi connectivity index (χ1v) is 5.99. The molecular formula is C13H16N4. The summed E-state index contributed by atoms with van der Waals surface area (Å²) in [4.78, 5) is 0. The Balaban J connectivity index is 1.85. The van der Waals surface area contributed by atoms with Gasteiger partial charge < -0.3 is 5.32 Å². The van der Waals surface area contributed by atoms with Gasteiger partial charge in [0.2, 0.25) is 0 Å². The normalized spacial score (nSPS) is 19.0. The van der Waals surface area contributed by atoms with Crippen LogP contribution in [0.3, 0.4) is 0 Å². The minimum atomic E-state index is 0.372. The summed E-state index contributed by atoms with van der Waals surface area (Å²) in [5.41, 5.74) is 3.91. The third kappa shape index (κ3) is 2.08. The average molecular weight is 228 g/mol. The summed E-state index contributed by atoms with van der Waals surface area (Å²) in [6, 6.07) is 9.03. The topological polar surface area (TPSA) is 42.7 Å². The quantitative estimate of drug-likeness (QED) is 0.841. The molecule has 88 valence electrons. The number of aryl methyl sites for hydroxylation is 1. The monoisotopic (exact) mass is 228 g/mol. The number of hydrogen-bond donors (Lipinski definition) is 1. The van der Waals surface area contributed by atoms with Gasteiger partial charge in [-0.1, -0.05) is 29.5 Å². The van der Waals surface area contributed by atoms with E-state index in [1.807, 2.05) is 13.2 Å². The number of fused-ring (bicyclic) bond motifs is 1. The molecule has 1 atom stereocenters. The van der Waals surface area contributed by atoms with Crippen LogP contribution in [0.2, 0.25) is 0 Å². The summed E-state index contributed by atoms with van der Waals surface area (Å²) in [5.74, 6) is 0. The van der Waals surface area contributed by atoms with E-state index >= 15 is 0 Å². The maximum atomic E-state index is 4.16. The summed E-state index contributed by atoms with van der Waals surface area (Å²) < 4.78 is 1.75. The maximum absolute atomic E-state index is 4.16. The van der Waals surface area contributed by atoms with Gasteiger partial charge in [0.05, 0.1) is 5.69 Å². The van der Waals surface area contributed by atoms with E-state index in [1.54, 1.807) is 4.68 Å². The zero-order valence-electron chi connectivity index (χ0n) is 9.93. The third-order valence-corrected chi connectivity index (χ3v) is 3.28. The molecule has 0 saturated carbocycles. The molecule has 1 aliphatic heterocycles. The first-order chi connectivity index (χ1) is 8.33. The average Bonchev–Trinajstić information content (AvgIpc) is 2.75. The second kappa shape index (κ2) is 4.30. The van der Waals surface area contributed by atoms with Gasteiger partial charge >= 0.3 is 0 Å². The number of nitrogens with zero attached hydrogens (tertiary/aromatic N) is 3. The Labute approximate surface area is 101 Å². The molecule has 17 heavy (non-hydrogen) atoms.